The zero-order valence-electron chi connectivity index (χ0n) is 10.7. The van der Waals surface area contributed by atoms with E-state index in [-0.39, 0.29) is 13.0 Å². The van der Waals surface area contributed by atoms with Gasteiger partial charge in [0.25, 0.3) is 0 Å². The minimum atomic E-state index is -1.26. The van der Waals surface area contributed by atoms with Crippen LogP contribution in [0.5, 0.6) is 5.75 Å². The Labute approximate surface area is 110 Å². The Morgan fingerprint density at radius 2 is 2.00 bits per heavy atom. The highest BCUT2D eigenvalue weighted by Gasteiger charge is 2.22. The van der Waals surface area contributed by atoms with Gasteiger partial charge in [0.1, 0.15) is 0 Å². The molecule has 0 aliphatic rings. The van der Waals surface area contributed by atoms with Crippen molar-refractivity contribution >= 4 is 5.97 Å². The minimum Gasteiger partial charge on any atom is -0.479 e. The smallest absolute Gasteiger partial charge is 0.344 e. The van der Waals surface area contributed by atoms with Gasteiger partial charge in [0.2, 0.25) is 0 Å². The van der Waals surface area contributed by atoms with E-state index in [1.165, 1.54) is 0 Å². The summed E-state index contributed by atoms with van der Waals surface area (Å²) in [6.45, 7) is 2.03. The highest BCUT2D eigenvalue weighted by Crippen LogP contribution is 2.25. The lowest BCUT2D eigenvalue weighted by atomic mass is 10.1. The number of nitrogens with two attached hydrogens (primary N) is 1. The molecule has 0 spiro atoms. The van der Waals surface area contributed by atoms with Crippen LogP contribution in [0, 0.1) is 11.6 Å². The molecule has 0 aliphatic heterocycles. The van der Waals surface area contributed by atoms with Crippen LogP contribution >= 0.6 is 0 Å². The number of carboxylic acid groups (broad SMARTS) is 1. The maximum absolute atomic E-state index is 13.7. The average Bonchev–Trinajstić information content (AvgIpc) is 2.32. The van der Waals surface area contributed by atoms with Crippen LogP contribution in [0.25, 0.3) is 0 Å². The third-order valence-electron chi connectivity index (χ3n) is 2.58. The van der Waals surface area contributed by atoms with Gasteiger partial charge in [0.15, 0.2) is 23.5 Å². The summed E-state index contributed by atoms with van der Waals surface area (Å²) < 4.78 is 32.3. The monoisotopic (exact) mass is 273 g/mol. The van der Waals surface area contributed by atoms with Gasteiger partial charge in [-0.3, -0.25) is 0 Å². The van der Waals surface area contributed by atoms with E-state index < -0.39 is 29.5 Å². The van der Waals surface area contributed by atoms with E-state index in [0.29, 0.717) is 18.4 Å². The van der Waals surface area contributed by atoms with Crippen LogP contribution in [-0.2, 0) is 11.2 Å². The second kappa shape index (κ2) is 7.04. The van der Waals surface area contributed by atoms with Crippen LogP contribution in [0.15, 0.2) is 12.1 Å². The number of ether oxygens (including phenoxy) is 1. The molecule has 0 aliphatic carbocycles. The number of halogens is 2. The van der Waals surface area contributed by atoms with Crippen molar-refractivity contribution in [1.29, 1.82) is 0 Å². The molecule has 0 amide bonds. The first-order valence-corrected chi connectivity index (χ1v) is 6.07. The van der Waals surface area contributed by atoms with Gasteiger partial charge in [-0.05, 0) is 37.1 Å². The number of carboxylic acids is 1. The highest BCUT2D eigenvalue weighted by atomic mass is 19.1. The molecule has 0 saturated heterocycles. The second-order valence-electron chi connectivity index (χ2n) is 4.16. The first-order valence-electron chi connectivity index (χ1n) is 6.07. The Bertz CT molecular complexity index is 429. The molecule has 0 heterocycles. The number of carbonyl (C=O) groups is 1. The van der Waals surface area contributed by atoms with Crippen molar-refractivity contribution in [1.82, 2.24) is 0 Å². The third-order valence-corrected chi connectivity index (χ3v) is 2.58. The number of hydrogen-bond acceptors (Lipinski definition) is 3. The first kappa shape index (κ1) is 15.4. The standard InChI is InChI=1S/C13H17F2NO3/c1-2-3-11(13(17)18)19-12-9(14)6-8(4-5-16)7-10(12)15/h6-7,11H,2-5,16H2,1H3,(H,17,18). The largest absolute Gasteiger partial charge is 0.479 e. The molecule has 1 aromatic rings. The molecule has 3 N–H and O–H groups in total. The molecule has 1 unspecified atom stereocenters. The topological polar surface area (TPSA) is 72.5 Å². The molecule has 106 valence electrons. The predicted molar refractivity (Wildman–Crippen MR) is 66.1 cm³/mol. The molecule has 0 aromatic heterocycles. The quantitative estimate of drug-likeness (QED) is 0.798. The zero-order chi connectivity index (χ0) is 14.4. The molecule has 0 radical (unpaired) electrons. The van der Waals surface area contributed by atoms with Gasteiger partial charge in [-0.1, -0.05) is 13.3 Å². The van der Waals surface area contributed by atoms with Crippen molar-refractivity contribution in [2.45, 2.75) is 32.3 Å². The van der Waals surface area contributed by atoms with Gasteiger partial charge in [0.05, 0.1) is 0 Å². The predicted octanol–water partition coefficient (Wildman–Crippen LogP) is 2.10. The number of rotatable bonds is 7. The summed E-state index contributed by atoms with van der Waals surface area (Å²) in [6.07, 6.45) is -0.204. The zero-order valence-corrected chi connectivity index (χ0v) is 10.7. The number of hydrogen-bond donors (Lipinski definition) is 2. The molecule has 4 nitrogen and oxygen atoms in total. The van der Waals surface area contributed by atoms with E-state index in [1.54, 1.807) is 6.92 Å². The second-order valence-corrected chi connectivity index (χ2v) is 4.16. The Morgan fingerprint density at radius 1 is 1.42 bits per heavy atom. The molecule has 0 fully saturated rings. The molecular weight excluding hydrogens is 256 g/mol. The van der Waals surface area contributed by atoms with Gasteiger partial charge >= 0.3 is 5.97 Å². The molecule has 0 saturated carbocycles. The summed E-state index contributed by atoms with van der Waals surface area (Å²) in [7, 11) is 0. The van der Waals surface area contributed by atoms with Gasteiger partial charge < -0.3 is 15.6 Å². The van der Waals surface area contributed by atoms with Crippen LogP contribution < -0.4 is 10.5 Å². The summed E-state index contributed by atoms with van der Waals surface area (Å²) in [5, 5.41) is 8.90. The van der Waals surface area contributed by atoms with E-state index in [1.807, 2.05) is 0 Å². The van der Waals surface area contributed by atoms with Crippen molar-refractivity contribution in [3.63, 3.8) is 0 Å². The Kier molecular flexibility index (Phi) is 5.69. The normalized spacial score (nSPS) is 12.2. The van der Waals surface area contributed by atoms with E-state index in [9.17, 15) is 13.6 Å². The van der Waals surface area contributed by atoms with Crippen LogP contribution in [-0.4, -0.2) is 23.7 Å². The van der Waals surface area contributed by atoms with E-state index in [4.69, 9.17) is 15.6 Å². The summed E-state index contributed by atoms with van der Waals surface area (Å²) in [5.74, 6) is -3.72. The SMILES string of the molecule is CCCC(Oc1c(F)cc(CCN)cc1F)C(=O)O. The van der Waals surface area contributed by atoms with Crippen molar-refractivity contribution < 1.29 is 23.4 Å². The van der Waals surface area contributed by atoms with Crippen LogP contribution in [0.1, 0.15) is 25.3 Å². The molecule has 6 heteroatoms. The molecule has 0 bridgehead atoms. The number of aliphatic carboxylic acids is 1. The van der Waals surface area contributed by atoms with Gasteiger partial charge in [-0.25, -0.2) is 13.6 Å². The van der Waals surface area contributed by atoms with Gasteiger partial charge in [-0.15, -0.1) is 0 Å². The van der Waals surface area contributed by atoms with Crippen molar-refractivity contribution in [2.24, 2.45) is 5.73 Å². The molecule has 1 atom stereocenters. The summed E-state index contributed by atoms with van der Waals surface area (Å²) in [5.41, 5.74) is 5.71. The van der Waals surface area contributed by atoms with E-state index in [0.717, 1.165) is 12.1 Å². The lowest BCUT2D eigenvalue weighted by Crippen LogP contribution is -2.27. The summed E-state index contributed by atoms with van der Waals surface area (Å²) in [4.78, 5) is 10.9. The summed E-state index contributed by atoms with van der Waals surface area (Å²) in [6, 6.07) is 2.21. The highest BCUT2D eigenvalue weighted by molar-refractivity contribution is 5.72. The van der Waals surface area contributed by atoms with Gasteiger partial charge in [0, 0.05) is 0 Å². The fourth-order valence-corrected chi connectivity index (χ4v) is 1.67. The Morgan fingerprint density at radius 3 is 2.42 bits per heavy atom. The van der Waals surface area contributed by atoms with Crippen molar-refractivity contribution in [3.05, 3.63) is 29.3 Å². The average molecular weight is 273 g/mol. The molecule has 19 heavy (non-hydrogen) atoms. The third kappa shape index (κ3) is 4.17. The lowest BCUT2D eigenvalue weighted by Gasteiger charge is -2.16. The fraction of sp³-hybridized carbons (Fsp3) is 0.462. The lowest BCUT2D eigenvalue weighted by molar-refractivity contribution is -0.145. The van der Waals surface area contributed by atoms with E-state index in [2.05, 4.69) is 0 Å². The van der Waals surface area contributed by atoms with Crippen molar-refractivity contribution in [3.8, 4) is 5.75 Å². The number of benzene rings is 1. The summed E-state index contributed by atoms with van der Waals surface area (Å²) >= 11 is 0. The van der Waals surface area contributed by atoms with Gasteiger partial charge in [-0.2, -0.15) is 0 Å². The van der Waals surface area contributed by atoms with Crippen molar-refractivity contribution in [2.75, 3.05) is 6.54 Å². The molecule has 1 aromatic carbocycles. The van der Waals surface area contributed by atoms with Crippen LogP contribution in [0.2, 0.25) is 0 Å². The molecule has 1 rings (SSSR count). The first-order chi connectivity index (χ1) is 8.99. The molecular formula is C13H17F2NO3. The minimum absolute atomic E-state index is 0.179. The maximum atomic E-state index is 13.7. The maximum Gasteiger partial charge on any atom is 0.344 e. The fourth-order valence-electron chi connectivity index (χ4n) is 1.67. The van der Waals surface area contributed by atoms with Crippen LogP contribution in [0.4, 0.5) is 8.78 Å². The van der Waals surface area contributed by atoms with E-state index >= 15 is 0 Å². The van der Waals surface area contributed by atoms with Crippen LogP contribution in [0.3, 0.4) is 0 Å². The Balaban J connectivity index is 2.97. The Hall–Kier alpha value is -1.69.